The molecule has 0 saturated carbocycles. The lowest BCUT2D eigenvalue weighted by Crippen LogP contribution is -2.22. The minimum absolute atomic E-state index is 0.344. The fourth-order valence-electron chi connectivity index (χ4n) is 4.83. The fourth-order valence-corrected chi connectivity index (χ4v) is 5.62. The maximum atomic E-state index is 6.46. The number of nitrogens with two attached hydrogens (primary N) is 2. The lowest BCUT2D eigenvalue weighted by Gasteiger charge is -2.25. The Balaban J connectivity index is 1.74. The van der Waals surface area contributed by atoms with Crippen molar-refractivity contribution >= 4 is 57.8 Å². The Labute approximate surface area is 264 Å². The van der Waals surface area contributed by atoms with Gasteiger partial charge in [-0.15, -0.1) is 0 Å². The number of hydrogen-bond acceptors (Lipinski definition) is 12. The van der Waals surface area contributed by atoms with Gasteiger partial charge in [0.2, 0.25) is 11.9 Å². The van der Waals surface area contributed by atoms with Crippen molar-refractivity contribution in [1.29, 1.82) is 0 Å². The van der Waals surface area contributed by atoms with Crippen molar-refractivity contribution < 1.29 is 9.47 Å². The second-order valence-electron chi connectivity index (χ2n) is 9.86. The Hall–Kier alpha value is -4.58. The standard InChI is InChI=1S/C32H43N9O2S/c1-7-40(8-2)26-18-24(22(33)16-28(26)42-5)35-30-37-31(39-32(38-30)44-20-21-14-12-11-13-15-21)36-25-19-27(41(9-3)10-4)29(43-6)17-23(25)34/h11-19H,7-10,20,33-34H2,1-6H3,(H2,35,36,37,38,39). The normalized spacial score (nSPS) is 10.8. The molecule has 0 fully saturated rings. The molecule has 4 aromatic rings. The lowest BCUT2D eigenvalue weighted by atomic mass is 10.2. The van der Waals surface area contributed by atoms with Crippen molar-refractivity contribution in [2.24, 2.45) is 0 Å². The van der Waals surface area contributed by atoms with Gasteiger partial charge >= 0.3 is 0 Å². The highest BCUT2D eigenvalue weighted by molar-refractivity contribution is 7.98. The van der Waals surface area contributed by atoms with E-state index in [-0.39, 0.29) is 0 Å². The summed E-state index contributed by atoms with van der Waals surface area (Å²) in [5.41, 5.74) is 18.3. The average molecular weight is 618 g/mol. The minimum atomic E-state index is 0.344. The summed E-state index contributed by atoms with van der Waals surface area (Å²) in [5, 5.41) is 7.20. The number of aromatic nitrogens is 3. The second-order valence-corrected chi connectivity index (χ2v) is 10.8. The Morgan fingerprint density at radius 3 is 1.55 bits per heavy atom. The van der Waals surface area contributed by atoms with Crippen molar-refractivity contribution in [1.82, 2.24) is 15.0 Å². The van der Waals surface area contributed by atoms with Crippen LogP contribution in [-0.4, -0.2) is 55.4 Å². The van der Waals surface area contributed by atoms with E-state index in [1.54, 1.807) is 14.2 Å². The van der Waals surface area contributed by atoms with Gasteiger partial charge in [-0.2, -0.15) is 15.0 Å². The quantitative estimate of drug-likeness (QED) is 0.0852. The molecule has 0 amide bonds. The summed E-state index contributed by atoms with van der Waals surface area (Å²) in [6, 6.07) is 17.7. The number of nitrogen functional groups attached to an aromatic ring is 2. The first-order chi connectivity index (χ1) is 21.3. The SMILES string of the molecule is CCN(CC)c1cc(Nc2nc(Nc3cc(N(CC)CC)c(OC)cc3N)nc(SCc3ccccc3)n2)c(N)cc1OC. The third kappa shape index (κ3) is 7.67. The molecular formula is C32H43N9O2S. The van der Waals surface area contributed by atoms with Gasteiger partial charge in [0.1, 0.15) is 11.5 Å². The molecule has 0 unspecified atom stereocenters. The molecule has 0 spiro atoms. The van der Waals surface area contributed by atoms with Gasteiger partial charge in [-0.3, -0.25) is 0 Å². The Morgan fingerprint density at radius 2 is 1.14 bits per heavy atom. The molecule has 1 heterocycles. The van der Waals surface area contributed by atoms with E-state index in [1.807, 2.05) is 42.5 Å². The minimum Gasteiger partial charge on any atom is -0.495 e. The van der Waals surface area contributed by atoms with E-state index in [1.165, 1.54) is 11.8 Å². The van der Waals surface area contributed by atoms with Crippen molar-refractivity contribution in [2.45, 2.75) is 38.6 Å². The summed E-state index contributed by atoms with van der Waals surface area (Å²) in [6.45, 7) is 11.7. The molecule has 44 heavy (non-hydrogen) atoms. The van der Waals surface area contributed by atoms with E-state index in [4.69, 9.17) is 35.9 Å². The molecule has 234 valence electrons. The number of benzene rings is 3. The third-order valence-electron chi connectivity index (χ3n) is 7.23. The van der Waals surface area contributed by atoms with Gasteiger partial charge in [0.15, 0.2) is 5.16 Å². The predicted octanol–water partition coefficient (Wildman–Crippen LogP) is 6.53. The predicted molar refractivity (Wildman–Crippen MR) is 184 cm³/mol. The van der Waals surface area contributed by atoms with Crippen molar-refractivity contribution in [3.63, 3.8) is 0 Å². The number of nitrogens with one attached hydrogen (secondary N) is 2. The zero-order valence-corrected chi connectivity index (χ0v) is 27.2. The Kier molecular flexibility index (Phi) is 11.2. The molecule has 0 atom stereocenters. The van der Waals surface area contributed by atoms with Crippen molar-refractivity contribution in [3.8, 4) is 11.5 Å². The van der Waals surface area contributed by atoms with Gasteiger partial charge in [0.05, 0.1) is 48.3 Å². The largest absolute Gasteiger partial charge is 0.495 e. The van der Waals surface area contributed by atoms with Crippen LogP contribution in [0.3, 0.4) is 0 Å². The van der Waals surface area contributed by atoms with Crippen LogP contribution in [0.2, 0.25) is 0 Å². The first-order valence-electron chi connectivity index (χ1n) is 14.8. The Morgan fingerprint density at radius 1 is 0.682 bits per heavy atom. The van der Waals surface area contributed by atoms with Gasteiger partial charge in [-0.05, 0) is 45.4 Å². The topological polar surface area (TPSA) is 140 Å². The molecule has 0 bridgehead atoms. The van der Waals surface area contributed by atoms with Crippen LogP contribution in [0.25, 0.3) is 0 Å². The maximum Gasteiger partial charge on any atom is 0.233 e. The van der Waals surface area contributed by atoms with Gasteiger partial charge in [0, 0.05) is 44.1 Å². The number of ether oxygens (including phenoxy) is 2. The lowest BCUT2D eigenvalue weighted by molar-refractivity contribution is 0.414. The molecule has 0 radical (unpaired) electrons. The molecule has 6 N–H and O–H groups in total. The van der Waals surface area contributed by atoms with Crippen LogP contribution in [0.5, 0.6) is 11.5 Å². The second kappa shape index (κ2) is 15.2. The zero-order valence-electron chi connectivity index (χ0n) is 26.3. The fraction of sp³-hybridized carbons (Fsp3) is 0.344. The summed E-state index contributed by atoms with van der Waals surface area (Å²) in [4.78, 5) is 18.6. The molecule has 3 aromatic carbocycles. The van der Waals surface area contributed by atoms with Crippen LogP contribution < -0.4 is 41.4 Å². The highest BCUT2D eigenvalue weighted by Crippen LogP contribution is 2.38. The molecule has 0 aliphatic carbocycles. The van der Waals surface area contributed by atoms with E-state index in [0.717, 1.165) is 43.1 Å². The molecule has 0 saturated heterocycles. The van der Waals surface area contributed by atoms with E-state index >= 15 is 0 Å². The van der Waals surface area contributed by atoms with Crippen LogP contribution in [0.15, 0.2) is 59.8 Å². The Bertz CT molecular complexity index is 1440. The van der Waals surface area contributed by atoms with Crippen molar-refractivity contribution in [3.05, 3.63) is 60.2 Å². The van der Waals surface area contributed by atoms with Crippen LogP contribution in [-0.2, 0) is 5.75 Å². The van der Waals surface area contributed by atoms with E-state index in [2.05, 4.69) is 60.3 Å². The number of rotatable bonds is 15. The highest BCUT2D eigenvalue weighted by Gasteiger charge is 2.18. The summed E-state index contributed by atoms with van der Waals surface area (Å²) in [7, 11) is 3.29. The van der Waals surface area contributed by atoms with Gasteiger partial charge in [-0.25, -0.2) is 0 Å². The van der Waals surface area contributed by atoms with Crippen LogP contribution in [0, 0.1) is 0 Å². The van der Waals surface area contributed by atoms with Crippen LogP contribution in [0.1, 0.15) is 33.3 Å². The number of thioether (sulfide) groups is 1. The number of methoxy groups -OCH3 is 2. The van der Waals surface area contributed by atoms with Crippen LogP contribution >= 0.6 is 11.8 Å². The molecule has 1 aromatic heterocycles. The summed E-state index contributed by atoms with van der Waals surface area (Å²) >= 11 is 1.51. The number of hydrogen-bond donors (Lipinski definition) is 4. The average Bonchev–Trinajstić information content (AvgIpc) is 3.04. The molecule has 0 aliphatic heterocycles. The van der Waals surface area contributed by atoms with Gasteiger partial charge < -0.3 is 41.4 Å². The molecule has 4 rings (SSSR count). The smallest absolute Gasteiger partial charge is 0.233 e. The third-order valence-corrected chi connectivity index (χ3v) is 8.15. The zero-order chi connectivity index (χ0) is 31.6. The highest BCUT2D eigenvalue weighted by atomic mass is 32.2. The summed E-state index contributed by atoms with van der Waals surface area (Å²) < 4.78 is 11.3. The monoisotopic (exact) mass is 617 g/mol. The molecule has 11 nitrogen and oxygen atoms in total. The number of nitrogens with zero attached hydrogens (tertiary/aromatic N) is 5. The van der Waals surface area contributed by atoms with Gasteiger partial charge in [0.25, 0.3) is 0 Å². The van der Waals surface area contributed by atoms with E-state index in [0.29, 0.717) is 57.1 Å². The molecular weight excluding hydrogens is 574 g/mol. The first-order valence-corrected chi connectivity index (χ1v) is 15.7. The molecule has 0 aliphatic rings. The maximum absolute atomic E-state index is 6.46. The molecule has 12 heteroatoms. The summed E-state index contributed by atoms with van der Waals surface area (Å²) in [6.07, 6.45) is 0. The summed E-state index contributed by atoms with van der Waals surface area (Å²) in [5.74, 6) is 2.78. The van der Waals surface area contributed by atoms with Crippen molar-refractivity contribution in [2.75, 3.05) is 72.3 Å². The van der Waals surface area contributed by atoms with E-state index in [9.17, 15) is 0 Å². The van der Waals surface area contributed by atoms with E-state index < -0.39 is 0 Å². The number of anilines is 8. The van der Waals surface area contributed by atoms with Gasteiger partial charge in [-0.1, -0.05) is 42.1 Å². The first kappa shape index (κ1) is 32.3. The van der Waals surface area contributed by atoms with Crippen LogP contribution in [0.4, 0.5) is 46.0 Å².